The smallest absolute Gasteiger partial charge is 0.231 e. The van der Waals surface area contributed by atoms with Crippen LogP contribution >= 0.6 is 11.3 Å². The molecule has 0 bridgehead atoms. The highest BCUT2D eigenvalue weighted by Gasteiger charge is 2.38. The van der Waals surface area contributed by atoms with Gasteiger partial charge in [0.05, 0.1) is 6.42 Å². The summed E-state index contributed by atoms with van der Waals surface area (Å²) in [6.07, 6.45) is 3.94. The Balaban J connectivity index is 2.07. The van der Waals surface area contributed by atoms with E-state index in [1.807, 2.05) is 25.3 Å². The molecule has 2 aromatic heterocycles. The molecule has 0 radical (unpaired) electrons. The molecule has 0 spiro atoms. The lowest BCUT2D eigenvalue weighted by Gasteiger charge is -2.33. The zero-order chi connectivity index (χ0) is 15.9. The minimum absolute atomic E-state index is 0.00859. The highest BCUT2D eigenvalue weighted by atomic mass is 32.1. The minimum atomic E-state index is -0.594. The third kappa shape index (κ3) is 2.29. The van der Waals surface area contributed by atoms with Gasteiger partial charge in [-0.05, 0) is 36.4 Å². The molecule has 114 valence electrons. The number of carbonyl (C=O) groups is 1. The lowest BCUT2D eigenvalue weighted by molar-refractivity contribution is -0.128. The molecular weight excluding hydrogens is 296 g/mol. The van der Waals surface area contributed by atoms with E-state index >= 15 is 0 Å². The molecule has 0 aliphatic carbocycles. The van der Waals surface area contributed by atoms with E-state index in [0.717, 1.165) is 21.6 Å². The van der Waals surface area contributed by atoms with Crippen LogP contribution in [0.15, 0.2) is 34.9 Å². The van der Waals surface area contributed by atoms with Crippen LogP contribution in [0.5, 0.6) is 0 Å². The zero-order valence-corrected chi connectivity index (χ0v) is 13.6. The van der Waals surface area contributed by atoms with Crippen LogP contribution in [0.4, 0.5) is 0 Å². The highest BCUT2D eigenvalue weighted by Crippen LogP contribution is 2.42. The number of aromatic nitrogens is 1. The van der Waals surface area contributed by atoms with Crippen molar-refractivity contribution in [3.8, 4) is 11.1 Å². The van der Waals surface area contributed by atoms with Gasteiger partial charge in [-0.25, -0.2) is 4.99 Å². The van der Waals surface area contributed by atoms with Crippen molar-refractivity contribution in [2.24, 2.45) is 10.7 Å². The topological polar surface area (TPSA) is 71.6 Å². The molecule has 3 rings (SSSR count). The third-order valence-electron chi connectivity index (χ3n) is 4.08. The van der Waals surface area contributed by atoms with Gasteiger partial charge >= 0.3 is 0 Å². The fourth-order valence-electron chi connectivity index (χ4n) is 2.79. The minimum Gasteiger partial charge on any atom is -0.369 e. The Morgan fingerprint density at radius 3 is 2.86 bits per heavy atom. The Bertz CT molecular complexity index is 753. The summed E-state index contributed by atoms with van der Waals surface area (Å²) in [6, 6.07) is 3.95. The van der Waals surface area contributed by atoms with Crippen molar-refractivity contribution in [1.29, 1.82) is 0 Å². The van der Waals surface area contributed by atoms with E-state index in [1.165, 1.54) is 4.90 Å². The first-order chi connectivity index (χ1) is 10.4. The van der Waals surface area contributed by atoms with Crippen LogP contribution in [0, 0.1) is 6.92 Å². The number of amides is 1. The summed E-state index contributed by atoms with van der Waals surface area (Å²) in [4.78, 5) is 23.4. The number of pyridine rings is 1. The van der Waals surface area contributed by atoms with Crippen LogP contribution in [0.3, 0.4) is 0 Å². The van der Waals surface area contributed by atoms with E-state index in [4.69, 9.17) is 5.73 Å². The van der Waals surface area contributed by atoms with Crippen LogP contribution in [0.25, 0.3) is 11.1 Å². The average Bonchev–Trinajstić information content (AvgIpc) is 2.88. The molecule has 22 heavy (non-hydrogen) atoms. The molecule has 0 fully saturated rings. The Labute approximate surface area is 133 Å². The molecule has 1 atom stereocenters. The molecule has 2 N–H and O–H groups in total. The summed E-state index contributed by atoms with van der Waals surface area (Å²) < 4.78 is 0. The average molecular weight is 314 g/mol. The second-order valence-electron chi connectivity index (χ2n) is 5.72. The maximum atomic E-state index is 12.1. The van der Waals surface area contributed by atoms with Crippen LogP contribution < -0.4 is 5.73 Å². The summed E-state index contributed by atoms with van der Waals surface area (Å²) in [5.74, 6) is 0.264. The normalized spacial score (nSPS) is 21.9. The molecule has 1 amide bonds. The predicted octanol–water partition coefficient (Wildman–Crippen LogP) is 2.51. The fraction of sp³-hybridized carbons (Fsp3) is 0.312. The van der Waals surface area contributed by atoms with Crippen LogP contribution in [-0.2, 0) is 10.3 Å². The van der Waals surface area contributed by atoms with Gasteiger partial charge in [-0.15, -0.1) is 11.3 Å². The van der Waals surface area contributed by atoms with Crippen molar-refractivity contribution in [2.45, 2.75) is 25.8 Å². The van der Waals surface area contributed by atoms with Crippen LogP contribution in [-0.4, -0.2) is 28.8 Å². The molecule has 2 aromatic rings. The largest absolute Gasteiger partial charge is 0.369 e. The Morgan fingerprint density at radius 2 is 2.23 bits per heavy atom. The van der Waals surface area contributed by atoms with Gasteiger partial charge in [0.25, 0.3) is 0 Å². The van der Waals surface area contributed by atoms with Gasteiger partial charge in [-0.2, -0.15) is 0 Å². The zero-order valence-electron chi connectivity index (χ0n) is 12.8. The van der Waals surface area contributed by atoms with Crippen molar-refractivity contribution in [3.05, 3.63) is 40.3 Å². The first-order valence-corrected chi connectivity index (χ1v) is 7.91. The van der Waals surface area contributed by atoms with E-state index < -0.39 is 5.54 Å². The lowest BCUT2D eigenvalue weighted by atomic mass is 9.90. The number of nitrogens with two attached hydrogens (primary N) is 1. The summed E-state index contributed by atoms with van der Waals surface area (Å²) in [7, 11) is 1.66. The number of aliphatic imine (C=N–C) groups is 1. The first-order valence-electron chi connectivity index (χ1n) is 7.03. The van der Waals surface area contributed by atoms with Gasteiger partial charge in [0.2, 0.25) is 5.91 Å². The van der Waals surface area contributed by atoms with Crippen molar-refractivity contribution in [3.63, 3.8) is 0 Å². The van der Waals surface area contributed by atoms with E-state index in [1.54, 1.807) is 24.6 Å². The summed E-state index contributed by atoms with van der Waals surface area (Å²) in [5, 5.41) is 2.10. The van der Waals surface area contributed by atoms with Gasteiger partial charge in [0.1, 0.15) is 5.54 Å². The van der Waals surface area contributed by atoms with Crippen LogP contribution in [0.1, 0.15) is 23.8 Å². The van der Waals surface area contributed by atoms with Crippen molar-refractivity contribution < 1.29 is 4.79 Å². The lowest BCUT2D eigenvalue weighted by Crippen LogP contribution is -2.47. The summed E-state index contributed by atoms with van der Waals surface area (Å²) in [5.41, 5.74) is 8.64. The number of carbonyl (C=O) groups excluding carboxylic acids is 1. The second kappa shape index (κ2) is 5.21. The quantitative estimate of drug-likeness (QED) is 0.926. The van der Waals surface area contributed by atoms with E-state index in [-0.39, 0.29) is 11.9 Å². The highest BCUT2D eigenvalue weighted by molar-refractivity contribution is 7.10. The molecule has 0 saturated heterocycles. The number of thiophene rings is 1. The third-order valence-corrected chi connectivity index (χ3v) is 5.41. The molecule has 0 unspecified atom stereocenters. The van der Waals surface area contributed by atoms with Gasteiger partial charge in [-0.3, -0.25) is 14.7 Å². The number of guanidine groups is 1. The van der Waals surface area contributed by atoms with Gasteiger partial charge in [-0.1, -0.05) is 6.07 Å². The number of rotatable bonds is 2. The maximum absolute atomic E-state index is 12.1. The van der Waals surface area contributed by atoms with E-state index in [9.17, 15) is 4.79 Å². The van der Waals surface area contributed by atoms with Gasteiger partial charge < -0.3 is 5.73 Å². The molecule has 6 heteroatoms. The molecule has 1 aliphatic rings. The predicted molar refractivity (Wildman–Crippen MR) is 88.6 cm³/mol. The standard InChI is InChI=1S/C16H18N4OS/c1-10-12(11-5-4-6-18-8-11)9-22-14(10)16(2)7-13(21)20(3)15(17)19-16/h4-6,8-9H,7H2,1-3H3,(H2,17,19)/t16-/m0/s1. The fourth-order valence-corrected chi connectivity index (χ4v) is 4.00. The Hall–Kier alpha value is -2.21. The van der Waals surface area contributed by atoms with Crippen molar-refractivity contribution in [1.82, 2.24) is 9.88 Å². The monoisotopic (exact) mass is 314 g/mol. The number of hydrogen-bond donors (Lipinski definition) is 1. The summed E-state index contributed by atoms with van der Waals surface area (Å²) in [6.45, 7) is 4.03. The van der Waals surface area contributed by atoms with E-state index in [0.29, 0.717) is 6.42 Å². The molecule has 3 heterocycles. The molecular formula is C16H18N4OS. The Morgan fingerprint density at radius 1 is 1.45 bits per heavy atom. The van der Waals surface area contributed by atoms with Crippen LogP contribution in [0.2, 0.25) is 0 Å². The van der Waals surface area contributed by atoms with Gasteiger partial charge in [0.15, 0.2) is 5.96 Å². The second-order valence-corrected chi connectivity index (χ2v) is 6.60. The number of nitrogens with zero attached hydrogens (tertiary/aromatic N) is 3. The molecule has 5 nitrogen and oxygen atoms in total. The van der Waals surface area contributed by atoms with E-state index in [2.05, 4.69) is 22.3 Å². The summed E-state index contributed by atoms with van der Waals surface area (Å²) >= 11 is 1.62. The number of hydrogen-bond acceptors (Lipinski definition) is 5. The molecule has 0 saturated carbocycles. The van der Waals surface area contributed by atoms with Crippen molar-refractivity contribution >= 4 is 23.2 Å². The van der Waals surface area contributed by atoms with Crippen molar-refractivity contribution in [2.75, 3.05) is 7.05 Å². The maximum Gasteiger partial charge on any atom is 0.231 e. The van der Waals surface area contributed by atoms with Gasteiger partial charge in [0, 0.05) is 29.9 Å². The molecule has 0 aromatic carbocycles. The molecule has 1 aliphatic heterocycles. The first kappa shape index (κ1) is 14.7. The SMILES string of the molecule is Cc1c(-c2cccnc2)csc1[C@]1(C)CC(=O)N(C)C(N)=N1. The Kier molecular flexibility index (Phi) is 3.48.